The van der Waals surface area contributed by atoms with Crippen molar-refractivity contribution in [2.24, 2.45) is 0 Å². The predicted molar refractivity (Wildman–Crippen MR) is 78.2 cm³/mol. The maximum absolute atomic E-state index is 12.2. The van der Waals surface area contributed by atoms with Crippen LogP contribution in [-0.2, 0) is 17.8 Å². The molecule has 0 aromatic heterocycles. The predicted octanol–water partition coefficient (Wildman–Crippen LogP) is 1.41. The van der Waals surface area contributed by atoms with E-state index in [1.807, 2.05) is 11.0 Å². The van der Waals surface area contributed by atoms with Gasteiger partial charge in [-0.05, 0) is 36.5 Å². The second kappa shape index (κ2) is 5.85. The summed E-state index contributed by atoms with van der Waals surface area (Å²) in [6.07, 6.45) is 3.59. The Bertz CT molecular complexity index is 567. The van der Waals surface area contributed by atoms with Crippen LogP contribution >= 0.6 is 0 Å². The van der Waals surface area contributed by atoms with Crippen LogP contribution in [0.4, 0.5) is 0 Å². The molecule has 0 bridgehead atoms. The molecular formula is C16H20N2O3. The lowest BCUT2D eigenvalue weighted by Crippen LogP contribution is -2.38. The van der Waals surface area contributed by atoms with E-state index >= 15 is 0 Å². The molecule has 0 unspecified atom stereocenters. The smallest absolute Gasteiger partial charge is 0.335 e. The summed E-state index contributed by atoms with van der Waals surface area (Å²) >= 11 is 0. The van der Waals surface area contributed by atoms with Crippen molar-refractivity contribution in [1.82, 2.24) is 10.2 Å². The second-order valence-electron chi connectivity index (χ2n) is 5.79. The van der Waals surface area contributed by atoms with Crippen molar-refractivity contribution < 1.29 is 14.7 Å². The van der Waals surface area contributed by atoms with E-state index in [2.05, 4.69) is 5.32 Å². The molecule has 5 nitrogen and oxygen atoms in total. The van der Waals surface area contributed by atoms with Gasteiger partial charge in [0, 0.05) is 32.1 Å². The molecule has 1 aromatic rings. The van der Waals surface area contributed by atoms with Crippen molar-refractivity contribution in [3.05, 3.63) is 34.9 Å². The Kier molecular flexibility index (Phi) is 3.92. The topological polar surface area (TPSA) is 69.6 Å². The van der Waals surface area contributed by atoms with Crippen molar-refractivity contribution in [1.29, 1.82) is 0 Å². The number of aromatic carboxylic acids is 1. The quantitative estimate of drug-likeness (QED) is 0.859. The van der Waals surface area contributed by atoms with Gasteiger partial charge in [-0.2, -0.15) is 0 Å². The normalized spacial score (nSPS) is 17.4. The highest BCUT2D eigenvalue weighted by Crippen LogP contribution is 2.23. The number of carbonyl (C=O) groups excluding carboxylic acids is 1. The largest absolute Gasteiger partial charge is 0.478 e. The Hall–Kier alpha value is -1.88. The van der Waals surface area contributed by atoms with Gasteiger partial charge in [0.05, 0.1) is 5.56 Å². The van der Waals surface area contributed by atoms with E-state index in [-0.39, 0.29) is 5.91 Å². The number of fused-ring (bicyclic) bond motifs is 1. The molecule has 3 rings (SSSR count). The first-order valence-electron chi connectivity index (χ1n) is 7.50. The van der Waals surface area contributed by atoms with E-state index < -0.39 is 5.97 Å². The number of amides is 1. The van der Waals surface area contributed by atoms with Crippen LogP contribution in [0.5, 0.6) is 0 Å². The van der Waals surface area contributed by atoms with Crippen LogP contribution in [-0.4, -0.2) is 41.0 Å². The monoisotopic (exact) mass is 288 g/mol. The number of carboxylic acid groups (broad SMARTS) is 1. The highest BCUT2D eigenvalue weighted by Gasteiger charge is 2.25. The molecule has 0 spiro atoms. The van der Waals surface area contributed by atoms with Crippen LogP contribution < -0.4 is 5.32 Å². The molecule has 1 aliphatic carbocycles. The Morgan fingerprint density at radius 2 is 2.14 bits per heavy atom. The van der Waals surface area contributed by atoms with Gasteiger partial charge in [-0.3, -0.25) is 4.79 Å². The van der Waals surface area contributed by atoms with Gasteiger partial charge in [0.25, 0.3) is 0 Å². The lowest BCUT2D eigenvalue weighted by Gasteiger charge is -2.29. The van der Waals surface area contributed by atoms with Crippen LogP contribution in [0.1, 0.15) is 40.7 Å². The lowest BCUT2D eigenvalue weighted by atomic mass is 9.94. The van der Waals surface area contributed by atoms with Gasteiger partial charge in [-0.1, -0.05) is 12.1 Å². The first-order chi connectivity index (χ1) is 10.1. The van der Waals surface area contributed by atoms with E-state index in [1.165, 1.54) is 12.8 Å². The van der Waals surface area contributed by atoms with Crippen molar-refractivity contribution in [3.8, 4) is 0 Å². The highest BCUT2D eigenvalue weighted by atomic mass is 16.4. The van der Waals surface area contributed by atoms with Gasteiger partial charge in [-0.15, -0.1) is 0 Å². The van der Waals surface area contributed by atoms with E-state index in [0.717, 1.165) is 17.7 Å². The number of benzene rings is 1. The summed E-state index contributed by atoms with van der Waals surface area (Å²) in [5.41, 5.74) is 2.21. The molecule has 1 aromatic carbocycles. The van der Waals surface area contributed by atoms with E-state index in [1.54, 1.807) is 12.1 Å². The minimum atomic E-state index is -0.889. The summed E-state index contributed by atoms with van der Waals surface area (Å²) in [6, 6.07) is 5.94. The third kappa shape index (κ3) is 3.24. The van der Waals surface area contributed by atoms with Gasteiger partial charge in [-0.25, -0.2) is 4.79 Å². The van der Waals surface area contributed by atoms with Gasteiger partial charge >= 0.3 is 5.97 Å². The average molecular weight is 288 g/mol. The number of nitrogens with zero attached hydrogens (tertiary/aromatic N) is 1. The maximum atomic E-state index is 12.2. The van der Waals surface area contributed by atoms with E-state index in [9.17, 15) is 14.7 Å². The molecule has 1 aliphatic heterocycles. The Labute approximate surface area is 123 Å². The molecule has 1 amide bonds. The fraction of sp³-hybridized carbons (Fsp3) is 0.500. The number of rotatable bonds is 5. The highest BCUT2D eigenvalue weighted by molar-refractivity contribution is 5.90. The first kappa shape index (κ1) is 14.1. The minimum absolute atomic E-state index is 0.148. The Balaban J connectivity index is 1.62. The first-order valence-corrected chi connectivity index (χ1v) is 7.50. The fourth-order valence-electron chi connectivity index (χ4n) is 2.85. The van der Waals surface area contributed by atoms with Gasteiger partial charge < -0.3 is 15.3 Å². The number of carbonyl (C=O) groups is 2. The van der Waals surface area contributed by atoms with Gasteiger partial charge in [0.15, 0.2) is 0 Å². The van der Waals surface area contributed by atoms with Crippen molar-refractivity contribution in [2.75, 3.05) is 13.1 Å². The number of carboxylic acids is 1. The van der Waals surface area contributed by atoms with Gasteiger partial charge in [0.2, 0.25) is 5.91 Å². The zero-order valence-corrected chi connectivity index (χ0v) is 12.0. The molecule has 1 saturated carbocycles. The molecule has 2 aliphatic rings. The summed E-state index contributed by atoms with van der Waals surface area (Å²) in [5, 5.41) is 12.5. The van der Waals surface area contributed by atoms with Crippen molar-refractivity contribution in [2.45, 2.75) is 38.3 Å². The second-order valence-corrected chi connectivity index (χ2v) is 5.79. The molecule has 5 heteroatoms. The molecule has 1 heterocycles. The van der Waals surface area contributed by atoms with Gasteiger partial charge in [0.1, 0.15) is 0 Å². The Morgan fingerprint density at radius 3 is 2.86 bits per heavy atom. The maximum Gasteiger partial charge on any atom is 0.335 e. The van der Waals surface area contributed by atoms with E-state index in [4.69, 9.17) is 0 Å². The average Bonchev–Trinajstić information content (AvgIpc) is 3.30. The molecule has 0 saturated heterocycles. The van der Waals surface area contributed by atoms with Crippen LogP contribution in [0.15, 0.2) is 18.2 Å². The molecule has 1 fully saturated rings. The van der Waals surface area contributed by atoms with Crippen molar-refractivity contribution >= 4 is 11.9 Å². The number of nitrogens with one attached hydrogen (secondary N) is 1. The zero-order valence-electron chi connectivity index (χ0n) is 12.0. The SMILES string of the molecule is O=C(O)c1cccc2c1CCN(C(=O)CCNC1CC1)C2. The van der Waals surface area contributed by atoms with Crippen LogP contribution in [0.2, 0.25) is 0 Å². The van der Waals surface area contributed by atoms with E-state index in [0.29, 0.717) is 37.5 Å². The summed E-state index contributed by atoms with van der Waals surface area (Å²) in [5.74, 6) is -0.741. The minimum Gasteiger partial charge on any atom is -0.478 e. The fourth-order valence-corrected chi connectivity index (χ4v) is 2.85. The molecular weight excluding hydrogens is 268 g/mol. The summed E-state index contributed by atoms with van der Waals surface area (Å²) in [6.45, 7) is 1.88. The summed E-state index contributed by atoms with van der Waals surface area (Å²) in [4.78, 5) is 25.2. The number of hydrogen-bond acceptors (Lipinski definition) is 3. The summed E-state index contributed by atoms with van der Waals surface area (Å²) in [7, 11) is 0. The van der Waals surface area contributed by atoms with Crippen LogP contribution in [0, 0.1) is 0 Å². The lowest BCUT2D eigenvalue weighted by molar-refractivity contribution is -0.132. The van der Waals surface area contributed by atoms with Crippen LogP contribution in [0.3, 0.4) is 0 Å². The standard InChI is InChI=1S/C16H20N2O3/c19-15(6-8-17-12-4-5-12)18-9-7-13-11(10-18)2-1-3-14(13)16(20)21/h1-3,12,17H,4-10H2,(H,20,21). The number of hydrogen-bond donors (Lipinski definition) is 2. The molecule has 2 N–H and O–H groups in total. The van der Waals surface area contributed by atoms with Crippen LogP contribution in [0.25, 0.3) is 0 Å². The third-order valence-corrected chi connectivity index (χ3v) is 4.20. The molecule has 0 atom stereocenters. The Morgan fingerprint density at radius 1 is 1.33 bits per heavy atom. The third-order valence-electron chi connectivity index (χ3n) is 4.20. The molecule has 112 valence electrons. The summed E-state index contributed by atoms with van der Waals surface area (Å²) < 4.78 is 0. The zero-order chi connectivity index (χ0) is 14.8. The van der Waals surface area contributed by atoms with Crippen molar-refractivity contribution in [3.63, 3.8) is 0 Å². The molecule has 0 radical (unpaired) electrons. The molecule has 21 heavy (non-hydrogen) atoms.